The molecule has 1 amide bonds. The van der Waals surface area contributed by atoms with Gasteiger partial charge >= 0.3 is 0 Å². The van der Waals surface area contributed by atoms with Crippen LogP contribution in [0, 0.1) is 0 Å². The van der Waals surface area contributed by atoms with Crippen LogP contribution in [0.3, 0.4) is 0 Å². The summed E-state index contributed by atoms with van der Waals surface area (Å²) in [5, 5.41) is -0.207. The number of hydrogen-bond donors (Lipinski definition) is 1. The van der Waals surface area contributed by atoms with E-state index in [9.17, 15) is 13.2 Å². The predicted molar refractivity (Wildman–Crippen MR) is 41.0 cm³/mol. The first-order chi connectivity index (χ1) is 5.24. The smallest absolute Gasteiger partial charge is 0.209 e. The summed E-state index contributed by atoms with van der Waals surface area (Å²) in [7, 11) is -2.29. The molecule has 0 aromatic carbocycles. The molecule has 1 aliphatic heterocycles. The second-order valence-electron chi connectivity index (χ2n) is 2.66. The van der Waals surface area contributed by atoms with E-state index in [1.165, 1.54) is 0 Å². The third kappa shape index (κ3) is 2.18. The molecule has 64 valence electrons. The average molecular weight is 177 g/mol. The van der Waals surface area contributed by atoms with Crippen LogP contribution in [0.4, 0.5) is 0 Å². The maximum absolute atomic E-state index is 10.5. The molecule has 0 aromatic heterocycles. The van der Waals surface area contributed by atoms with Crippen LogP contribution in [0.1, 0.15) is 12.8 Å². The van der Waals surface area contributed by atoms with Gasteiger partial charge in [-0.1, -0.05) is 0 Å². The molecule has 1 rings (SSSR count). The number of rotatable bonds is 2. The summed E-state index contributed by atoms with van der Waals surface area (Å²) in [6, 6.07) is 0. The second-order valence-corrected chi connectivity index (χ2v) is 3.96. The highest BCUT2D eigenvalue weighted by molar-refractivity contribution is 7.73. The molecular weight excluding hydrogens is 166 g/mol. The van der Waals surface area contributed by atoms with Crippen LogP contribution in [0.15, 0.2) is 0 Å². The summed E-state index contributed by atoms with van der Waals surface area (Å²) in [5.74, 6) is 0. The molecular formula is C6H11NO3S. The van der Waals surface area contributed by atoms with Gasteiger partial charge in [-0.15, -0.1) is 0 Å². The molecule has 5 heteroatoms. The van der Waals surface area contributed by atoms with Crippen molar-refractivity contribution in [3.8, 4) is 0 Å². The Labute approximate surface area is 67.1 Å². The molecule has 1 aliphatic rings. The average Bonchev–Trinajstić information content (AvgIpc) is 2.05. The van der Waals surface area contributed by atoms with Gasteiger partial charge < -0.3 is 4.90 Å². The number of thiol groups is 1. The molecule has 1 saturated heterocycles. The number of likely N-dealkylation sites (tertiary alicyclic amines) is 1. The molecule has 0 spiro atoms. The fourth-order valence-corrected chi connectivity index (χ4v) is 1.85. The van der Waals surface area contributed by atoms with Crippen molar-refractivity contribution in [2.75, 3.05) is 13.1 Å². The maximum atomic E-state index is 10.5. The zero-order valence-corrected chi connectivity index (χ0v) is 7.00. The van der Waals surface area contributed by atoms with Gasteiger partial charge in [0.05, 0.1) is 5.25 Å². The number of amides is 1. The molecule has 0 saturated carbocycles. The minimum Gasteiger partial charge on any atom is -0.345 e. The van der Waals surface area contributed by atoms with E-state index >= 15 is 0 Å². The summed E-state index contributed by atoms with van der Waals surface area (Å²) >= 11 is 0. The molecule has 0 aromatic rings. The van der Waals surface area contributed by atoms with Gasteiger partial charge in [0.1, 0.15) is 10.7 Å². The van der Waals surface area contributed by atoms with Crippen LogP contribution >= 0.6 is 0 Å². The molecule has 0 atom stereocenters. The van der Waals surface area contributed by atoms with Crippen molar-refractivity contribution in [2.24, 2.45) is 0 Å². The molecule has 0 unspecified atom stereocenters. The molecule has 0 N–H and O–H groups in total. The third-order valence-corrected chi connectivity index (χ3v) is 3.06. The number of piperidine rings is 1. The van der Waals surface area contributed by atoms with Gasteiger partial charge in [0, 0.05) is 13.1 Å². The van der Waals surface area contributed by atoms with Crippen molar-refractivity contribution in [2.45, 2.75) is 18.1 Å². The molecule has 1 fully saturated rings. The van der Waals surface area contributed by atoms with E-state index in [1.54, 1.807) is 4.90 Å². The lowest BCUT2D eigenvalue weighted by Crippen LogP contribution is -2.35. The number of carbonyl (C=O) groups excluding carboxylic acids is 1. The Morgan fingerprint density at radius 3 is 2.18 bits per heavy atom. The zero-order chi connectivity index (χ0) is 8.27. The fourth-order valence-electron chi connectivity index (χ4n) is 1.20. The standard InChI is InChI=1S/C6H11NO3S/c8-5-7-3-1-6(2-4-7)11(9)10/h5-6,11H,1-4H2. The van der Waals surface area contributed by atoms with Crippen molar-refractivity contribution in [3.05, 3.63) is 0 Å². The Balaban J connectivity index is 2.41. The lowest BCUT2D eigenvalue weighted by Gasteiger charge is -2.25. The fraction of sp³-hybridized carbons (Fsp3) is 0.833. The van der Waals surface area contributed by atoms with E-state index in [-0.39, 0.29) is 5.25 Å². The Kier molecular flexibility index (Phi) is 2.87. The third-order valence-electron chi connectivity index (χ3n) is 1.95. The monoisotopic (exact) mass is 177 g/mol. The molecule has 0 bridgehead atoms. The van der Waals surface area contributed by atoms with E-state index in [0.717, 1.165) is 6.41 Å². The summed E-state index contributed by atoms with van der Waals surface area (Å²) in [6.45, 7) is 1.16. The van der Waals surface area contributed by atoms with E-state index in [1.807, 2.05) is 0 Å². The van der Waals surface area contributed by atoms with Crippen molar-refractivity contribution in [1.82, 2.24) is 4.90 Å². The first kappa shape index (κ1) is 8.52. The lowest BCUT2D eigenvalue weighted by atomic mass is 10.1. The van der Waals surface area contributed by atoms with Gasteiger partial charge in [0.25, 0.3) is 0 Å². The highest BCUT2D eigenvalue weighted by Gasteiger charge is 2.19. The van der Waals surface area contributed by atoms with E-state index in [0.29, 0.717) is 25.9 Å². The first-order valence-electron chi connectivity index (χ1n) is 3.57. The van der Waals surface area contributed by atoms with Gasteiger partial charge in [-0.3, -0.25) is 4.79 Å². The van der Waals surface area contributed by atoms with Crippen molar-refractivity contribution < 1.29 is 13.2 Å². The van der Waals surface area contributed by atoms with Crippen LogP contribution in [0.25, 0.3) is 0 Å². The van der Waals surface area contributed by atoms with Gasteiger partial charge in [0.15, 0.2) is 0 Å². The van der Waals surface area contributed by atoms with Crippen LogP contribution in [-0.2, 0) is 15.5 Å². The minimum atomic E-state index is -2.29. The topological polar surface area (TPSA) is 54.5 Å². The second kappa shape index (κ2) is 3.71. The van der Waals surface area contributed by atoms with Crippen LogP contribution < -0.4 is 0 Å². The summed E-state index contributed by atoms with van der Waals surface area (Å²) in [4.78, 5) is 11.8. The Bertz CT molecular complexity index is 198. The van der Waals surface area contributed by atoms with Gasteiger partial charge in [-0.05, 0) is 12.8 Å². The summed E-state index contributed by atoms with van der Waals surface area (Å²) in [5.41, 5.74) is 0. The van der Waals surface area contributed by atoms with Crippen LogP contribution in [-0.4, -0.2) is 38.1 Å². The van der Waals surface area contributed by atoms with Crippen molar-refractivity contribution >= 4 is 17.1 Å². The van der Waals surface area contributed by atoms with Crippen LogP contribution in [0.2, 0.25) is 0 Å². The van der Waals surface area contributed by atoms with Gasteiger partial charge in [-0.2, -0.15) is 0 Å². The molecule has 0 radical (unpaired) electrons. The lowest BCUT2D eigenvalue weighted by molar-refractivity contribution is -0.118. The normalized spacial score (nSPS) is 20.6. The Hall–Kier alpha value is -0.580. The highest BCUT2D eigenvalue weighted by atomic mass is 32.2. The SMILES string of the molecule is O=CN1CCC([SH](=O)=O)CC1. The Morgan fingerprint density at radius 2 is 1.82 bits per heavy atom. The molecule has 11 heavy (non-hydrogen) atoms. The Morgan fingerprint density at radius 1 is 1.27 bits per heavy atom. The zero-order valence-electron chi connectivity index (χ0n) is 6.10. The minimum absolute atomic E-state index is 0.207. The predicted octanol–water partition coefficient (Wildman–Crippen LogP) is -0.781. The molecule has 4 nitrogen and oxygen atoms in total. The van der Waals surface area contributed by atoms with Crippen molar-refractivity contribution in [1.29, 1.82) is 0 Å². The maximum Gasteiger partial charge on any atom is 0.209 e. The van der Waals surface area contributed by atoms with E-state index in [4.69, 9.17) is 0 Å². The molecule has 1 heterocycles. The highest BCUT2D eigenvalue weighted by Crippen LogP contribution is 2.10. The summed E-state index contributed by atoms with van der Waals surface area (Å²) < 4.78 is 21.0. The van der Waals surface area contributed by atoms with Crippen LogP contribution in [0.5, 0.6) is 0 Å². The number of hydrogen-bond acceptors (Lipinski definition) is 3. The first-order valence-corrected chi connectivity index (χ1v) is 4.81. The number of carbonyl (C=O) groups is 1. The quantitative estimate of drug-likeness (QED) is 0.444. The largest absolute Gasteiger partial charge is 0.345 e. The molecule has 0 aliphatic carbocycles. The van der Waals surface area contributed by atoms with Gasteiger partial charge in [-0.25, -0.2) is 8.42 Å². The number of nitrogens with zero attached hydrogens (tertiary/aromatic N) is 1. The van der Waals surface area contributed by atoms with E-state index < -0.39 is 10.7 Å². The summed E-state index contributed by atoms with van der Waals surface area (Å²) in [6.07, 6.45) is 1.96. The van der Waals surface area contributed by atoms with E-state index in [2.05, 4.69) is 0 Å². The van der Waals surface area contributed by atoms with Crippen molar-refractivity contribution in [3.63, 3.8) is 0 Å². The van der Waals surface area contributed by atoms with Gasteiger partial charge in [0.2, 0.25) is 6.41 Å².